The van der Waals surface area contributed by atoms with E-state index in [1.54, 1.807) is 6.92 Å². The molecule has 0 amide bonds. The molecule has 0 aliphatic heterocycles. The Labute approximate surface area is 137 Å². The predicted molar refractivity (Wildman–Crippen MR) is 79.2 cm³/mol. The van der Waals surface area contributed by atoms with Crippen LogP contribution in [0.1, 0.15) is 40.2 Å². The van der Waals surface area contributed by atoms with E-state index in [2.05, 4.69) is 0 Å². The molecule has 0 saturated heterocycles. The minimum Gasteiger partial charge on any atom is -0.305 e. The SMILES string of the molecule is CCP(=O)(OCc1c(F)c(F)c(F)c(F)c1F)OC(C)C(C)(C)C. The van der Waals surface area contributed by atoms with Gasteiger partial charge >= 0.3 is 7.60 Å². The van der Waals surface area contributed by atoms with Gasteiger partial charge in [0.2, 0.25) is 5.82 Å². The van der Waals surface area contributed by atoms with Gasteiger partial charge in [0.05, 0.1) is 18.3 Å². The Morgan fingerprint density at radius 1 is 0.958 bits per heavy atom. The third-order valence-corrected chi connectivity index (χ3v) is 5.57. The lowest BCUT2D eigenvalue weighted by molar-refractivity contribution is 0.0755. The third kappa shape index (κ3) is 4.55. The molecule has 3 nitrogen and oxygen atoms in total. The zero-order valence-corrected chi connectivity index (χ0v) is 14.9. The van der Waals surface area contributed by atoms with E-state index in [1.807, 2.05) is 20.8 Å². The molecule has 0 aromatic heterocycles. The molecule has 0 aliphatic rings. The second-order valence-corrected chi connectivity index (χ2v) is 8.69. The van der Waals surface area contributed by atoms with Crippen molar-refractivity contribution < 1.29 is 35.6 Å². The molecule has 1 aromatic rings. The van der Waals surface area contributed by atoms with E-state index < -0.39 is 60.4 Å². The minimum absolute atomic E-state index is 0.122. The highest BCUT2D eigenvalue weighted by Crippen LogP contribution is 2.51. The van der Waals surface area contributed by atoms with Gasteiger partial charge < -0.3 is 9.05 Å². The Kier molecular flexibility index (Phi) is 6.58. The van der Waals surface area contributed by atoms with Crippen molar-refractivity contribution in [1.29, 1.82) is 0 Å². The molecule has 1 aromatic carbocycles. The molecule has 2 atom stereocenters. The van der Waals surface area contributed by atoms with Crippen LogP contribution in [-0.4, -0.2) is 12.3 Å². The number of benzene rings is 1. The monoisotopic (exact) mass is 374 g/mol. The van der Waals surface area contributed by atoms with Gasteiger partial charge in [0.25, 0.3) is 0 Å². The molecular formula is C15H20F5O3P. The van der Waals surface area contributed by atoms with Crippen molar-refractivity contribution >= 4 is 7.60 Å². The fraction of sp³-hybridized carbons (Fsp3) is 0.600. The van der Waals surface area contributed by atoms with Gasteiger partial charge in [-0.3, -0.25) is 4.57 Å². The van der Waals surface area contributed by atoms with Crippen LogP contribution in [0.3, 0.4) is 0 Å². The molecule has 0 fully saturated rings. The van der Waals surface area contributed by atoms with E-state index >= 15 is 0 Å². The second-order valence-electron chi connectivity index (χ2n) is 6.36. The molecule has 9 heteroatoms. The number of rotatable bonds is 6. The zero-order chi connectivity index (χ0) is 18.9. The highest BCUT2D eigenvalue weighted by molar-refractivity contribution is 7.53. The smallest absolute Gasteiger partial charge is 0.305 e. The Morgan fingerprint density at radius 3 is 1.75 bits per heavy atom. The van der Waals surface area contributed by atoms with Crippen LogP contribution in [0.15, 0.2) is 0 Å². The van der Waals surface area contributed by atoms with Gasteiger partial charge in [-0.25, -0.2) is 22.0 Å². The van der Waals surface area contributed by atoms with E-state index in [9.17, 15) is 26.5 Å². The fourth-order valence-corrected chi connectivity index (χ4v) is 3.05. The van der Waals surface area contributed by atoms with Crippen molar-refractivity contribution in [1.82, 2.24) is 0 Å². The van der Waals surface area contributed by atoms with Gasteiger partial charge in [0.15, 0.2) is 23.3 Å². The third-order valence-electron chi connectivity index (χ3n) is 3.63. The maximum atomic E-state index is 13.6. The topological polar surface area (TPSA) is 35.5 Å². The summed E-state index contributed by atoms with van der Waals surface area (Å²) in [6.07, 6.45) is -0.650. The molecule has 0 bridgehead atoms. The first-order chi connectivity index (χ1) is 10.8. The Balaban J connectivity index is 3.05. The quantitative estimate of drug-likeness (QED) is 0.283. The summed E-state index contributed by atoms with van der Waals surface area (Å²) in [6, 6.07) is 0. The van der Waals surface area contributed by atoms with Crippen LogP contribution < -0.4 is 0 Å². The summed E-state index contributed by atoms with van der Waals surface area (Å²) in [5.41, 5.74) is -1.58. The summed E-state index contributed by atoms with van der Waals surface area (Å²) in [5, 5.41) is 0. The molecule has 2 unspecified atom stereocenters. The molecule has 0 heterocycles. The van der Waals surface area contributed by atoms with E-state index in [0.29, 0.717) is 0 Å². The normalized spacial score (nSPS) is 16.1. The van der Waals surface area contributed by atoms with Gasteiger partial charge in [0.1, 0.15) is 0 Å². The first-order valence-electron chi connectivity index (χ1n) is 7.26. The van der Waals surface area contributed by atoms with Gasteiger partial charge in [-0.05, 0) is 12.3 Å². The largest absolute Gasteiger partial charge is 0.331 e. The van der Waals surface area contributed by atoms with Gasteiger partial charge in [0, 0.05) is 6.16 Å². The highest BCUT2D eigenvalue weighted by atomic mass is 31.2. The van der Waals surface area contributed by atoms with Crippen LogP contribution >= 0.6 is 7.60 Å². The van der Waals surface area contributed by atoms with E-state index in [-0.39, 0.29) is 6.16 Å². The highest BCUT2D eigenvalue weighted by Gasteiger charge is 2.33. The molecule has 24 heavy (non-hydrogen) atoms. The van der Waals surface area contributed by atoms with Crippen LogP contribution in [0.2, 0.25) is 0 Å². The molecule has 1 rings (SSSR count). The molecule has 0 aliphatic carbocycles. The van der Waals surface area contributed by atoms with Crippen molar-refractivity contribution in [2.75, 3.05) is 6.16 Å². The molecule has 0 N–H and O–H groups in total. The van der Waals surface area contributed by atoms with Crippen molar-refractivity contribution in [3.05, 3.63) is 34.6 Å². The first kappa shape index (κ1) is 21.1. The van der Waals surface area contributed by atoms with Crippen LogP contribution in [0, 0.1) is 34.5 Å². The molecule has 138 valence electrons. The number of halogens is 5. The summed E-state index contributed by atoms with van der Waals surface area (Å²) in [6.45, 7) is 7.51. The second kappa shape index (κ2) is 7.50. The summed E-state index contributed by atoms with van der Waals surface area (Å²) >= 11 is 0. The van der Waals surface area contributed by atoms with Crippen molar-refractivity contribution in [2.45, 2.75) is 47.3 Å². The number of hydrogen-bond donors (Lipinski definition) is 0. The van der Waals surface area contributed by atoms with Crippen molar-refractivity contribution in [3.63, 3.8) is 0 Å². The lowest BCUT2D eigenvalue weighted by Gasteiger charge is -2.30. The standard InChI is InChI=1S/C15H20F5O3P/c1-6-24(21,23-8(2)15(3,4)5)22-7-9-10(16)12(18)14(20)13(19)11(9)17/h8H,6-7H2,1-5H3. The average Bonchev–Trinajstić information content (AvgIpc) is 2.50. The van der Waals surface area contributed by atoms with Crippen LogP contribution in [0.5, 0.6) is 0 Å². The molecule has 0 spiro atoms. The van der Waals surface area contributed by atoms with Crippen LogP contribution in [0.4, 0.5) is 22.0 Å². The van der Waals surface area contributed by atoms with Gasteiger partial charge in [-0.15, -0.1) is 0 Å². The Hall–Kier alpha value is -0.980. The Bertz CT molecular complexity index is 628. The molecular weight excluding hydrogens is 354 g/mol. The summed E-state index contributed by atoms with van der Waals surface area (Å²) in [5.74, 6) is -10.5. The van der Waals surface area contributed by atoms with Crippen molar-refractivity contribution in [2.24, 2.45) is 5.41 Å². The van der Waals surface area contributed by atoms with Crippen molar-refractivity contribution in [3.8, 4) is 0 Å². The molecule has 0 saturated carbocycles. The summed E-state index contributed by atoms with van der Waals surface area (Å²) in [7, 11) is -3.77. The molecule has 0 radical (unpaired) electrons. The fourth-order valence-electron chi connectivity index (χ4n) is 1.54. The number of hydrogen-bond acceptors (Lipinski definition) is 3. The van der Waals surface area contributed by atoms with Crippen LogP contribution in [-0.2, 0) is 20.2 Å². The lowest BCUT2D eigenvalue weighted by Crippen LogP contribution is -2.25. The zero-order valence-electron chi connectivity index (χ0n) is 14.1. The maximum Gasteiger partial charge on any atom is 0.331 e. The van der Waals surface area contributed by atoms with Gasteiger partial charge in [-0.1, -0.05) is 27.7 Å². The Morgan fingerprint density at radius 2 is 1.38 bits per heavy atom. The average molecular weight is 374 g/mol. The summed E-state index contributed by atoms with van der Waals surface area (Å²) in [4.78, 5) is 0. The van der Waals surface area contributed by atoms with Crippen LogP contribution in [0.25, 0.3) is 0 Å². The van der Waals surface area contributed by atoms with E-state index in [4.69, 9.17) is 9.05 Å². The van der Waals surface area contributed by atoms with Gasteiger partial charge in [-0.2, -0.15) is 0 Å². The van der Waals surface area contributed by atoms with E-state index in [1.165, 1.54) is 6.92 Å². The maximum absolute atomic E-state index is 13.6. The minimum atomic E-state index is -3.77. The predicted octanol–water partition coefficient (Wildman–Crippen LogP) is 5.56. The van der Waals surface area contributed by atoms with E-state index in [0.717, 1.165) is 0 Å². The summed E-state index contributed by atoms with van der Waals surface area (Å²) < 4.78 is 89.3. The first-order valence-corrected chi connectivity index (χ1v) is 8.99. The lowest BCUT2D eigenvalue weighted by atomic mass is 9.91.